The monoisotopic (exact) mass is 506 g/mol. The number of fused-ring (bicyclic) bond motifs is 1. The topological polar surface area (TPSA) is 78.3 Å². The Morgan fingerprint density at radius 3 is 2.53 bits per heavy atom. The molecule has 1 aliphatic heterocycles. The summed E-state index contributed by atoms with van der Waals surface area (Å²) < 4.78 is 13.2. The van der Waals surface area contributed by atoms with Crippen molar-refractivity contribution in [1.29, 1.82) is 0 Å². The van der Waals surface area contributed by atoms with Gasteiger partial charge in [0.1, 0.15) is 11.8 Å². The summed E-state index contributed by atoms with van der Waals surface area (Å²) in [6.45, 7) is 7.11. The van der Waals surface area contributed by atoms with Crippen molar-refractivity contribution in [3.63, 3.8) is 0 Å². The van der Waals surface area contributed by atoms with Crippen LogP contribution in [0.4, 0.5) is 5.95 Å². The fraction of sp³-hybridized carbons (Fsp3) is 0.393. The van der Waals surface area contributed by atoms with Crippen molar-refractivity contribution in [3.05, 3.63) is 77.0 Å². The van der Waals surface area contributed by atoms with Crippen molar-refractivity contribution in [2.45, 2.75) is 63.4 Å². The van der Waals surface area contributed by atoms with Gasteiger partial charge in [0.15, 0.2) is 0 Å². The van der Waals surface area contributed by atoms with Crippen molar-refractivity contribution in [3.8, 4) is 5.75 Å². The Balaban J connectivity index is 1.60. The van der Waals surface area contributed by atoms with Gasteiger partial charge in [0.05, 0.1) is 18.8 Å². The van der Waals surface area contributed by atoms with E-state index in [9.17, 15) is 4.79 Å². The van der Waals surface area contributed by atoms with Gasteiger partial charge in [-0.25, -0.2) is 9.48 Å². The Bertz CT molecular complexity index is 1180. The summed E-state index contributed by atoms with van der Waals surface area (Å²) in [6, 6.07) is 17.7. The highest BCUT2D eigenvalue weighted by molar-refractivity contribution is 7.98. The number of esters is 1. The van der Waals surface area contributed by atoms with Gasteiger partial charge in [-0.2, -0.15) is 4.98 Å². The molecule has 8 heteroatoms. The van der Waals surface area contributed by atoms with Crippen LogP contribution in [0, 0.1) is 0 Å². The van der Waals surface area contributed by atoms with Crippen molar-refractivity contribution >= 4 is 23.7 Å². The molecule has 4 rings (SSSR count). The van der Waals surface area contributed by atoms with E-state index < -0.39 is 6.04 Å². The maximum Gasteiger partial charge on any atom is 0.338 e. The lowest BCUT2D eigenvalue weighted by molar-refractivity contribution is -0.139. The first-order valence-corrected chi connectivity index (χ1v) is 13.6. The number of thioether (sulfide) groups is 1. The molecule has 1 aromatic heterocycles. The zero-order chi connectivity index (χ0) is 25.3. The van der Waals surface area contributed by atoms with Gasteiger partial charge in [-0.3, -0.25) is 0 Å². The third-order valence-electron chi connectivity index (χ3n) is 5.91. The number of anilines is 1. The second-order valence-corrected chi connectivity index (χ2v) is 9.71. The lowest BCUT2D eigenvalue weighted by atomic mass is 9.96. The number of aromatic nitrogens is 3. The van der Waals surface area contributed by atoms with Crippen LogP contribution < -0.4 is 10.1 Å². The molecule has 7 nitrogen and oxygen atoms in total. The highest BCUT2D eigenvalue weighted by atomic mass is 32.2. The number of ether oxygens (including phenoxy) is 2. The zero-order valence-corrected chi connectivity index (χ0v) is 22.0. The van der Waals surface area contributed by atoms with Gasteiger partial charge >= 0.3 is 5.97 Å². The second-order valence-electron chi connectivity index (χ2n) is 8.76. The Morgan fingerprint density at radius 1 is 1.03 bits per heavy atom. The molecule has 0 amide bonds. The SMILES string of the molecule is CCCCCOc1ccc(C2C(C(=O)OCCC)=C(C)Nc3nc(SCc4ccccc4)nn32)cc1. The molecule has 0 bridgehead atoms. The largest absolute Gasteiger partial charge is 0.494 e. The Kier molecular flexibility index (Phi) is 9.06. The van der Waals surface area contributed by atoms with Crippen LogP contribution in [-0.4, -0.2) is 33.9 Å². The quantitative estimate of drug-likeness (QED) is 0.173. The van der Waals surface area contributed by atoms with Crippen LogP contribution in [0.15, 0.2) is 71.0 Å². The van der Waals surface area contributed by atoms with Crippen molar-refractivity contribution < 1.29 is 14.3 Å². The molecule has 0 radical (unpaired) electrons. The number of allylic oxidation sites excluding steroid dienone is 1. The Morgan fingerprint density at radius 2 is 1.81 bits per heavy atom. The number of nitrogens with one attached hydrogen (secondary N) is 1. The lowest BCUT2D eigenvalue weighted by Crippen LogP contribution is -2.29. The fourth-order valence-corrected chi connectivity index (χ4v) is 4.83. The van der Waals surface area contributed by atoms with E-state index in [1.807, 2.05) is 56.3 Å². The highest BCUT2D eigenvalue weighted by Gasteiger charge is 2.35. The average Bonchev–Trinajstić information content (AvgIpc) is 3.31. The summed E-state index contributed by atoms with van der Waals surface area (Å²) in [6.07, 6.45) is 4.11. The van der Waals surface area contributed by atoms with E-state index in [2.05, 4.69) is 24.4 Å². The number of nitrogens with zero attached hydrogens (tertiary/aromatic N) is 3. The molecular weight excluding hydrogens is 472 g/mol. The summed E-state index contributed by atoms with van der Waals surface area (Å²) in [5, 5.41) is 8.71. The smallest absolute Gasteiger partial charge is 0.338 e. The molecule has 0 spiro atoms. The van der Waals surface area contributed by atoms with Gasteiger partial charge in [0.2, 0.25) is 11.1 Å². The summed E-state index contributed by atoms with van der Waals surface area (Å²) in [4.78, 5) is 17.9. The molecule has 2 heterocycles. The van der Waals surface area contributed by atoms with Crippen LogP contribution in [0.2, 0.25) is 0 Å². The number of rotatable bonds is 12. The van der Waals surface area contributed by atoms with E-state index in [0.29, 0.717) is 29.9 Å². The molecule has 1 atom stereocenters. The summed E-state index contributed by atoms with van der Waals surface area (Å²) in [5.41, 5.74) is 3.39. The number of benzene rings is 2. The van der Waals surface area contributed by atoms with Crippen LogP contribution in [0.5, 0.6) is 5.75 Å². The molecular formula is C28H34N4O3S. The molecule has 1 aliphatic rings. The van der Waals surface area contributed by atoms with E-state index in [1.54, 1.807) is 16.4 Å². The fourth-order valence-electron chi connectivity index (χ4n) is 4.05. The predicted octanol–water partition coefficient (Wildman–Crippen LogP) is 6.38. The van der Waals surface area contributed by atoms with Crippen LogP contribution in [0.1, 0.15) is 63.6 Å². The predicted molar refractivity (Wildman–Crippen MR) is 143 cm³/mol. The normalized spacial score (nSPS) is 14.8. The first-order chi connectivity index (χ1) is 17.6. The van der Waals surface area contributed by atoms with Gasteiger partial charge in [-0.15, -0.1) is 5.10 Å². The van der Waals surface area contributed by atoms with E-state index in [4.69, 9.17) is 19.6 Å². The number of carbonyl (C=O) groups is 1. The third kappa shape index (κ3) is 6.29. The van der Waals surface area contributed by atoms with E-state index in [1.165, 1.54) is 5.56 Å². The summed E-state index contributed by atoms with van der Waals surface area (Å²) >= 11 is 1.57. The van der Waals surface area contributed by atoms with Gasteiger partial charge in [0, 0.05) is 11.4 Å². The van der Waals surface area contributed by atoms with E-state index in [-0.39, 0.29) is 5.97 Å². The molecule has 1 unspecified atom stereocenters. The first kappa shape index (κ1) is 25.8. The summed E-state index contributed by atoms with van der Waals surface area (Å²) in [7, 11) is 0. The van der Waals surface area contributed by atoms with Gasteiger partial charge in [-0.1, -0.05) is 80.9 Å². The first-order valence-electron chi connectivity index (χ1n) is 12.6. The van der Waals surface area contributed by atoms with Gasteiger partial charge in [-0.05, 0) is 43.0 Å². The number of hydrogen-bond donors (Lipinski definition) is 1. The van der Waals surface area contributed by atoms with Crippen LogP contribution in [0.3, 0.4) is 0 Å². The molecule has 0 saturated carbocycles. The third-order valence-corrected chi connectivity index (χ3v) is 6.82. The lowest BCUT2D eigenvalue weighted by Gasteiger charge is -2.28. The van der Waals surface area contributed by atoms with Crippen molar-refractivity contribution in [2.75, 3.05) is 18.5 Å². The zero-order valence-electron chi connectivity index (χ0n) is 21.2. The van der Waals surface area contributed by atoms with Crippen LogP contribution >= 0.6 is 11.8 Å². The molecule has 0 aliphatic carbocycles. The minimum Gasteiger partial charge on any atom is -0.494 e. The van der Waals surface area contributed by atoms with E-state index >= 15 is 0 Å². The standard InChI is InChI=1S/C28H34N4O3S/c1-4-6-10-18-34-23-15-13-22(14-16-23)25-24(26(33)35-17-5-2)20(3)29-27-30-28(31-32(25)27)36-19-21-11-8-7-9-12-21/h7-9,11-16,25H,4-6,10,17-19H2,1-3H3,(H,29,30,31). The average molecular weight is 507 g/mol. The minimum absolute atomic E-state index is 0.341. The molecule has 3 aromatic rings. The van der Waals surface area contributed by atoms with Crippen LogP contribution in [-0.2, 0) is 15.3 Å². The van der Waals surface area contributed by atoms with Crippen LogP contribution in [0.25, 0.3) is 0 Å². The Hall–Kier alpha value is -3.26. The number of hydrogen-bond acceptors (Lipinski definition) is 7. The highest BCUT2D eigenvalue weighted by Crippen LogP contribution is 2.37. The maximum atomic E-state index is 13.1. The molecule has 0 fully saturated rings. The molecule has 2 aromatic carbocycles. The minimum atomic E-state index is -0.446. The van der Waals surface area contributed by atoms with Gasteiger partial charge in [0.25, 0.3) is 0 Å². The van der Waals surface area contributed by atoms with Crippen molar-refractivity contribution in [2.24, 2.45) is 0 Å². The van der Waals surface area contributed by atoms with Gasteiger partial charge < -0.3 is 14.8 Å². The van der Waals surface area contributed by atoms with Crippen molar-refractivity contribution in [1.82, 2.24) is 14.8 Å². The molecule has 36 heavy (non-hydrogen) atoms. The Labute approximate surface area is 217 Å². The molecule has 1 N–H and O–H groups in total. The second kappa shape index (κ2) is 12.6. The maximum absolute atomic E-state index is 13.1. The summed E-state index contributed by atoms with van der Waals surface area (Å²) in [5.74, 6) is 1.85. The molecule has 0 saturated heterocycles. The number of unbranched alkanes of at least 4 members (excludes halogenated alkanes) is 2. The number of carbonyl (C=O) groups excluding carboxylic acids is 1. The van der Waals surface area contributed by atoms with E-state index in [0.717, 1.165) is 48.4 Å². The molecule has 190 valence electrons.